The molecule has 2 rings (SSSR count). The molecule has 0 aromatic rings. The van der Waals surface area contributed by atoms with E-state index < -0.39 is 12.1 Å². The maximum Gasteiger partial charge on any atom is 0.317 e. The monoisotopic (exact) mass is 327 g/mol. The van der Waals surface area contributed by atoms with Crippen molar-refractivity contribution in [3.05, 3.63) is 0 Å². The van der Waals surface area contributed by atoms with Crippen molar-refractivity contribution in [3.63, 3.8) is 0 Å². The van der Waals surface area contributed by atoms with Crippen molar-refractivity contribution in [1.82, 2.24) is 14.7 Å². The number of carboxylic acid groups (broad SMARTS) is 1. The van der Waals surface area contributed by atoms with E-state index in [0.29, 0.717) is 6.54 Å². The third-order valence-electron chi connectivity index (χ3n) is 5.07. The van der Waals surface area contributed by atoms with E-state index in [0.717, 1.165) is 25.9 Å². The number of aliphatic hydroxyl groups excluding tert-OH is 1. The Morgan fingerprint density at radius 1 is 1.17 bits per heavy atom. The topological polar surface area (TPSA) is 84.3 Å². The number of rotatable bonds is 5. The molecular weight excluding hydrogens is 298 g/mol. The number of hydrogen-bond donors (Lipinski definition) is 2. The molecule has 0 aromatic heterocycles. The fraction of sp³-hybridized carbons (Fsp3) is 0.875. The molecule has 1 amide bonds. The summed E-state index contributed by atoms with van der Waals surface area (Å²) in [5, 5.41) is 19.1. The summed E-state index contributed by atoms with van der Waals surface area (Å²) in [5.74, 6) is -0.889. The molecule has 0 bridgehead atoms. The van der Waals surface area contributed by atoms with E-state index in [1.165, 1.54) is 12.8 Å². The van der Waals surface area contributed by atoms with Gasteiger partial charge in [0.1, 0.15) is 0 Å². The molecule has 7 nitrogen and oxygen atoms in total. The van der Waals surface area contributed by atoms with Crippen LogP contribution < -0.4 is 0 Å². The zero-order valence-electron chi connectivity index (χ0n) is 14.1. The molecule has 2 aliphatic heterocycles. The van der Waals surface area contributed by atoms with E-state index in [-0.39, 0.29) is 31.1 Å². The molecule has 0 aromatic carbocycles. The molecular formula is C16H29N3O4. The highest BCUT2D eigenvalue weighted by atomic mass is 16.4. The van der Waals surface area contributed by atoms with Gasteiger partial charge < -0.3 is 15.1 Å². The highest BCUT2D eigenvalue weighted by molar-refractivity contribution is 5.82. The zero-order valence-corrected chi connectivity index (χ0v) is 14.1. The molecule has 0 aliphatic carbocycles. The van der Waals surface area contributed by atoms with Crippen LogP contribution in [-0.4, -0.2) is 94.7 Å². The second-order valence-electron chi connectivity index (χ2n) is 6.81. The van der Waals surface area contributed by atoms with Crippen LogP contribution in [0.3, 0.4) is 0 Å². The van der Waals surface area contributed by atoms with Crippen molar-refractivity contribution in [1.29, 1.82) is 0 Å². The SMILES string of the molecule is C[C@H](C(=O)N1C[C@@H](O)[C@@H](N(C)CC(=O)O)C1)N1CCCCCC1. The summed E-state index contributed by atoms with van der Waals surface area (Å²) in [6.45, 7) is 4.38. The summed E-state index contributed by atoms with van der Waals surface area (Å²) < 4.78 is 0. The highest BCUT2D eigenvalue weighted by Crippen LogP contribution is 2.19. The maximum atomic E-state index is 12.7. The van der Waals surface area contributed by atoms with E-state index in [2.05, 4.69) is 4.90 Å². The first-order valence-electron chi connectivity index (χ1n) is 8.53. The van der Waals surface area contributed by atoms with E-state index in [4.69, 9.17) is 5.11 Å². The quantitative estimate of drug-likeness (QED) is 0.730. The normalized spacial score (nSPS) is 27.9. The van der Waals surface area contributed by atoms with Crippen LogP contribution in [0, 0.1) is 0 Å². The molecule has 2 heterocycles. The lowest BCUT2D eigenvalue weighted by atomic mass is 10.2. The fourth-order valence-corrected chi connectivity index (χ4v) is 3.62. The Morgan fingerprint density at radius 2 is 1.78 bits per heavy atom. The van der Waals surface area contributed by atoms with Gasteiger partial charge in [-0.25, -0.2) is 0 Å². The largest absolute Gasteiger partial charge is 0.480 e. The number of β-amino-alcohol motifs (C(OH)–C–C–N with tert-alkyl or cyclic N) is 1. The first-order chi connectivity index (χ1) is 10.9. The summed E-state index contributed by atoms with van der Waals surface area (Å²) in [7, 11) is 1.67. The molecule has 0 spiro atoms. The minimum atomic E-state index is -0.928. The summed E-state index contributed by atoms with van der Waals surface area (Å²) in [6, 6.07) is -0.491. The molecule has 2 fully saturated rings. The van der Waals surface area contributed by atoms with Gasteiger partial charge in [-0.2, -0.15) is 0 Å². The molecule has 7 heteroatoms. The zero-order chi connectivity index (χ0) is 17.0. The number of aliphatic carboxylic acids is 1. The number of nitrogens with zero attached hydrogens (tertiary/aromatic N) is 3. The van der Waals surface area contributed by atoms with Crippen molar-refractivity contribution < 1.29 is 19.8 Å². The molecule has 2 N–H and O–H groups in total. The van der Waals surface area contributed by atoms with Crippen molar-refractivity contribution in [3.8, 4) is 0 Å². The van der Waals surface area contributed by atoms with E-state index in [9.17, 15) is 14.7 Å². The second-order valence-corrected chi connectivity index (χ2v) is 6.81. The molecule has 3 atom stereocenters. The lowest BCUT2D eigenvalue weighted by Crippen LogP contribution is -2.48. The van der Waals surface area contributed by atoms with Gasteiger partial charge in [0.25, 0.3) is 0 Å². The number of aliphatic hydroxyl groups is 1. The number of hydrogen-bond acceptors (Lipinski definition) is 5. The predicted octanol–water partition coefficient (Wildman–Crippen LogP) is -0.161. The first kappa shape index (κ1) is 18.2. The molecule has 0 unspecified atom stereocenters. The van der Waals surface area contributed by atoms with Crippen molar-refractivity contribution >= 4 is 11.9 Å². The highest BCUT2D eigenvalue weighted by Gasteiger charge is 2.39. The van der Waals surface area contributed by atoms with Gasteiger partial charge in [-0.05, 0) is 39.9 Å². The number of carbonyl (C=O) groups excluding carboxylic acids is 1. The van der Waals surface area contributed by atoms with Crippen molar-refractivity contribution in [2.45, 2.75) is 50.8 Å². The minimum Gasteiger partial charge on any atom is -0.480 e. The van der Waals surface area contributed by atoms with Crippen molar-refractivity contribution in [2.24, 2.45) is 0 Å². The van der Waals surface area contributed by atoms with E-state index in [1.807, 2.05) is 6.92 Å². The van der Waals surface area contributed by atoms with Crippen LogP contribution >= 0.6 is 0 Å². The van der Waals surface area contributed by atoms with Gasteiger partial charge in [0.15, 0.2) is 0 Å². The Labute approximate surface area is 137 Å². The molecule has 0 radical (unpaired) electrons. The van der Waals surface area contributed by atoms with Gasteiger partial charge in [-0.1, -0.05) is 12.8 Å². The summed E-state index contributed by atoms with van der Waals surface area (Å²) in [5.41, 5.74) is 0. The lowest BCUT2D eigenvalue weighted by Gasteiger charge is -2.30. The molecule has 23 heavy (non-hydrogen) atoms. The third kappa shape index (κ3) is 4.65. The number of likely N-dealkylation sites (tertiary alicyclic amines) is 2. The average Bonchev–Trinajstić information content (AvgIpc) is 2.72. The number of carboxylic acids is 1. The van der Waals surface area contributed by atoms with E-state index >= 15 is 0 Å². The standard InChI is InChI=1S/C16H29N3O4/c1-12(18-7-5-3-4-6-8-18)16(23)19-9-13(14(20)10-19)17(2)11-15(21)22/h12-14,20H,3-11H2,1-2H3,(H,21,22)/t12-,13+,14-/m1/s1. The second kappa shape index (κ2) is 8.08. The Hall–Kier alpha value is -1.18. The van der Waals surface area contributed by atoms with Crippen LogP contribution in [0.15, 0.2) is 0 Å². The van der Waals surface area contributed by atoms with Crippen LogP contribution in [0.1, 0.15) is 32.6 Å². The van der Waals surface area contributed by atoms with Gasteiger partial charge in [-0.15, -0.1) is 0 Å². The molecule has 2 saturated heterocycles. The molecule has 132 valence electrons. The van der Waals surface area contributed by atoms with Crippen LogP contribution in [0.5, 0.6) is 0 Å². The van der Waals surface area contributed by atoms with Gasteiger partial charge in [0.05, 0.1) is 24.7 Å². The predicted molar refractivity (Wildman–Crippen MR) is 86.1 cm³/mol. The van der Waals surface area contributed by atoms with Crippen LogP contribution in [0.25, 0.3) is 0 Å². The van der Waals surface area contributed by atoms with Gasteiger partial charge in [0.2, 0.25) is 5.91 Å². The Morgan fingerprint density at radius 3 is 2.35 bits per heavy atom. The minimum absolute atomic E-state index is 0.0391. The van der Waals surface area contributed by atoms with Crippen LogP contribution in [0.2, 0.25) is 0 Å². The average molecular weight is 327 g/mol. The summed E-state index contributed by atoms with van der Waals surface area (Å²) >= 11 is 0. The maximum absolute atomic E-state index is 12.7. The molecule has 2 aliphatic rings. The first-order valence-corrected chi connectivity index (χ1v) is 8.53. The Bertz CT molecular complexity index is 424. The smallest absolute Gasteiger partial charge is 0.317 e. The number of carbonyl (C=O) groups is 2. The number of amides is 1. The Balaban J connectivity index is 1.93. The van der Waals surface area contributed by atoms with Crippen LogP contribution in [-0.2, 0) is 9.59 Å². The van der Waals surface area contributed by atoms with E-state index in [1.54, 1.807) is 16.8 Å². The summed E-state index contributed by atoms with van der Waals surface area (Å²) in [6.07, 6.45) is 4.01. The molecule has 0 saturated carbocycles. The Kier molecular flexibility index (Phi) is 6.38. The summed E-state index contributed by atoms with van der Waals surface area (Å²) in [4.78, 5) is 29.1. The van der Waals surface area contributed by atoms with Gasteiger partial charge >= 0.3 is 5.97 Å². The fourth-order valence-electron chi connectivity index (χ4n) is 3.62. The van der Waals surface area contributed by atoms with Gasteiger partial charge in [-0.3, -0.25) is 19.4 Å². The van der Waals surface area contributed by atoms with Crippen molar-refractivity contribution in [2.75, 3.05) is 39.8 Å². The third-order valence-corrected chi connectivity index (χ3v) is 5.07. The lowest BCUT2D eigenvalue weighted by molar-refractivity contribution is -0.138. The van der Waals surface area contributed by atoms with Crippen LogP contribution in [0.4, 0.5) is 0 Å². The number of likely N-dealkylation sites (N-methyl/N-ethyl adjacent to an activating group) is 1. The van der Waals surface area contributed by atoms with Gasteiger partial charge in [0, 0.05) is 13.1 Å².